The van der Waals surface area contributed by atoms with Crippen LogP contribution in [0.15, 0.2) is 30.3 Å². The fourth-order valence-corrected chi connectivity index (χ4v) is 1.66. The zero-order valence-electron chi connectivity index (χ0n) is 8.87. The summed E-state index contributed by atoms with van der Waals surface area (Å²) >= 11 is 5.81. The highest BCUT2D eigenvalue weighted by Gasteiger charge is 2.31. The average molecular weight is 274 g/mol. The van der Waals surface area contributed by atoms with Crippen LogP contribution in [0.4, 0.5) is 19.0 Å². The van der Waals surface area contributed by atoms with Crippen molar-refractivity contribution in [3.8, 4) is 11.3 Å². The van der Waals surface area contributed by atoms with Crippen molar-refractivity contribution in [2.75, 3.05) is 5.73 Å². The highest BCUT2D eigenvalue weighted by atomic mass is 35.5. The first kappa shape index (κ1) is 12.6. The summed E-state index contributed by atoms with van der Waals surface area (Å²) in [7, 11) is 0. The van der Waals surface area contributed by atoms with Gasteiger partial charge in [0.15, 0.2) is 0 Å². The summed E-state index contributed by atoms with van der Waals surface area (Å²) in [4.78, 5) is 0. The van der Waals surface area contributed by atoms with Gasteiger partial charge in [-0.1, -0.05) is 17.7 Å². The van der Waals surface area contributed by atoms with Crippen LogP contribution in [-0.4, -0.2) is 10.2 Å². The fraction of sp³-hybridized carbons (Fsp3) is 0.0909. The van der Waals surface area contributed by atoms with Crippen molar-refractivity contribution in [3.05, 3.63) is 40.9 Å². The molecule has 94 valence electrons. The van der Waals surface area contributed by atoms with Crippen molar-refractivity contribution < 1.29 is 13.2 Å². The monoisotopic (exact) mass is 273 g/mol. The summed E-state index contributed by atoms with van der Waals surface area (Å²) in [6, 6.07) is 6.09. The normalized spacial score (nSPS) is 11.6. The molecule has 1 aromatic heterocycles. The molecule has 18 heavy (non-hydrogen) atoms. The zero-order chi connectivity index (χ0) is 13.3. The minimum absolute atomic E-state index is 0.0381. The molecule has 0 radical (unpaired) electrons. The number of hydrogen-bond donors (Lipinski definition) is 1. The molecule has 0 atom stereocenters. The third-order valence-electron chi connectivity index (χ3n) is 2.26. The zero-order valence-corrected chi connectivity index (χ0v) is 9.63. The van der Waals surface area contributed by atoms with E-state index in [9.17, 15) is 13.2 Å². The van der Waals surface area contributed by atoms with Crippen molar-refractivity contribution in [2.24, 2.45) is 0 Å². The standard InChI is InChI=1S/C11H7ClF3N3/c12-8-5-6(11(13,14)15)1-2-7(8)9-3-4-10(16)18-17-9/h1-5H,(H2,16,18). The number of nitrogens with zero attached hydrogens (tertiary/aromatic N) is 2. The van der Waals surface area contributed by atoms with Crippen LogP contribution in [0.1, 0.15) is 5.56 Å². The molecule has 2 aromatic rings. The molecule has 1 aromatic carbocycles. The van der Waals surface area contributed by atoms with Crippen LogP contribution in [0, 0.1) is 0 Å². The summed E-state index contributed by atoms with van der Waals surface area (Å²) in [5.74, 6) is 0.224. The molecule has 0 aliphatic carbocycles. The number of nitrogens with two attached hydrogens (primary N) is 1. The van der Waals surface area contributed by atoms with Gasteiger partial charge in [0.25, 0.3) is 0 Å². The second-order valence-electron chi connectivity index (χ2n) is 3.54. The third kappa shape index (κ3) is 2.53. The van der Waals surface area contributed by atoms with Gasteiger partial charge < -0.3 is 5.73 Å². The lowest BCUT2D eigenvalue weighted by molar-refractivity contribution is -0.137. The van der Waals surface area contributed by atoms with Gasteiger partial charge in [-0.15, -0.1) is 10.2 Å². The topological polar surface area (TPSA) is 51.8 Å². The van der Waals surface area contributed by atoms with E-state index in [0.717, 1.165) is 12.1 Å². The average Bonchev–Trinajstić information content (AvgIpc) is 2.29. The van der Waals surface area contributed by atoms with Crippen LogP contribution in [0.25, 0.3) is 11.3 Å². The Labute approximate surface area is 105 Å². The number of halogens is 4. The van der Waals surface area contributed by atoms with Gasteiger partial charge in [-0.05, 0) is 24.3 Å². The Morgan fingerprint density at radius 3 is 2.28 bits per heavy atom. The first-order chi connectivity index (χ1) is 8.38. The molecular formula is C11H7ClF3N3. The molecule has 2 N–H and O–H groups in total. The molecular weight excluding hydrogens is 267 g/mol. The Balaban J connectivity index is 2.45. The summed E-state index contributed by atoms with van der Waals surface area (Å²) in [5, 5.41) is 7.34. The van der Waals surface area contributed by atoms with Crippen molar-refractivity contribution in [1.29, 1.82) is 0 Å². The van der Waals surface area contributed by atoms with Gasteiger partial charge in [-0.3, -0.25) is 0 Å². The van der Waals surface area contributed by atoms with E-state index < -0.39 is 11.7 Å². The first-order valence-electron chi connectivity index (χ1n) is 4.84. The second kappa shape index (κ2) is 4.45. The Bertz CT molecular complexity index is 567. The largest absolute Gasteiger partial charge is 0.416 e. The fourth-order valence-electron chi connectivity index (χ4n) is 1.39. The maximum absolute atomic E-state index is 12.5. The molecule has 0 spiro atoms. The lowest BCUT2D eigenvalue weighted by Crippen LogP contribution is -2.04. The molecule has 3 nitrogen and oxygen atoms in total. The summed E-state index contributed by atoms with van der Waals surface area (Å²) in [6.07, 6.45) is -4.42. The van der Waals surface area contributed by atoms with Crippen molar-refractivity contribution >= 4 is 17.4 Å². The molecule has 0 fully saturated rings. The molecule has 0 amide bonds. The van der Waals surface area contributed by atoms with Crippen LogP contribution >= 0.6 is 11.6 Å². The van der Waals surface area contributed by atoms with E-state index >= 15 is 0 Å². The number of hydrogen-bond acceptors (Lipinski definition) is 3. The Morgan fingerprint density at radius 1 is 1.06 bits per heavy atom. The van der Waals surface area contributed by atoms with E-state index in [-0.39, 0.29) is 10.8 Å². The van der Waals surface area contributed by atoms with Crippen LogP contribution in [0.2, 0.25) is 5.02 Å². The highest BCUT2D eigenvalue weighted by molar-refractivity contribution is 6.33. The van der Waals surface area contributed by atoms with Crippen molar-refractivity contribution in [2.45, 2.75) is 6.18 Å². The predicted octanol–water partition coefficient (Wildman–Crippen LogP) is 3.40. The van der Waals surface area contributed by atoms with Crippen molar-refractivity contribution in [1.82, 2.24) is 10.2 Å². The van der Waals surface area contributed by atoms with Crippen LogP contribution in [0.3, 0.4) is 0 Å². The van der Waals surface area contributed by atoms with E-state index in [1.807, 2.05) is 0 Å². The van der Waals surface area contributed by atoms with Gasteiger partial charge in [-0.25, -0.2) is 0 Å². The number of anilines is 1. The Morgan fingerprint density at radius 2 is 1.78 bits per heavy atom. The third-order valence-corrected chi connectivity index (χ3v) is 2.57. The van der Waals surface area contributed by atoms with Crippen LogP contribution in [0.5, 0.6) is 0 Å². The molecule has 0 aliphatic heterocycles. The number of rotatable bonds is 1. The number of benzene rings is 1. The molecule has 0 bridgehead atoms. The van der Waals surface area contributed by atoms with Gasteiger partial charge >= 0.3 is 6.18 Å². The SMILES string of the molecule is Nc1ccc(-c2ccc(C(F)(F)F)cc2Cl)nn1. The van der Waals surface area contributed by atoms with E-state index in [1.54, 1.807) is 0 Å². The first-order valence-corrected chi connectivity index (χ1v) is 5.22. The summed E-state index contributed by atoms with van der Waals surface area (Å²) in [6.45, 7) is 0. The maximum atomic E-state index is 12.5. The van der Waals surface area contributed by atoms with Crippen LogP contribution in [-0.2, 0) is 6.18 Å². The van der Waals surface area contributed by atoms with E-state index in [0.29, 0.717) is 11.3 Å². The Hall–Kier alpha value is -1.82. The minimum Gasteiger partial charge on any atom is -0.382 e. The summed E-state index contributed by atoms with van der Waals surface area (Å²) < 4.78 is 37.4. The van der Waals surface area contributed by atoms with E-state index in [4.69, 9.17) is 17.3 Å². The smallest absolute Gasteiger partial charge is 0.382 e. The number of aromatic nitrogens is 2. The molecule has 2 rings (SSSR count). The highest BCUT2D eigenvalue weighted by Crippen LogP contribution is 2.34. The van der Waals surface area contributed by atoms with Crippen molar-refractivity contribution in [3.63, 3.8) is 0 Å². The molecule has 0 saturated heterocycles. The lowest BCUT2D eigenvalue weighted by Gasteiger charge is -2.09. The minimum atomic E-state index is -4.42. The predicted molar refractivity (Wildman–Crippen MR) is 61.9 cm³/mol. The summed E-state index contributed by atoms with van der Waals surface area (Å²) in [5.41, 5.74) is 5.30. The van der Waals surface area contributed by atoms with E-state index in [2.05, 4.69) is 10.2 Å². The van der Waals surface area contributed by atoms with Gasteiger partial charge in [-0.2, -0.15) is 13.2 Å². The van der Waals surface area contributed by atoms with Gasteiger partial charge in [0.2, 0.25) is 0 Å². The van der Waals surface area contributed by atoms with Crippen LogP contribution < -0.4 is 5.73 Å². The molecule has 0 unspecified atom stereocenters. The number of nitrogen functional groups attached to an aromatic ring is 1. The number of alkyl halides is 3. The molecule has 0 aliphatic rings. The maximum Gasteiger partial charge on any atom is 0.416 e. The lowest BCUT2D eigenvalue weighted by atomic mass is 10.1. The van der Waals surface area contributed by atoms with Gasteiger partial charge in [0.05, 0.1) is 16.3 Å². The second-order valence-corrected chi connectivity index (χ2v) is 3.94. The van der Waals surface area contributed by atoms with Gasteiger partial charge in [0.1, 0.15) is 5.82 Å². The molecule has 1 heterocycles. The van der Waals surface area contributed by atoms with E-state index in [1.165, 1.54) is 18.2 Å². The molecule has 0 saturated carbocycles. The molecule has 7 heteroatoms. The quantitative estimate of drug-likeness (QED) is 0.866. The van der Waals surface area contributed by atoms with Gasteiger partial charge in [0, 0.05) is 5.56 Å². The Kier molecular flexibility index (Phi) is 3.13.